The zero-order valence-corrected chi connectivity index (χ0v) is 15.8. The Kier molecular flexibility index (Phi) is 6.26. The van der Waals surface area contributed by atoms with E-state index >= 15 is 0 Å². The molecule has 1 aromatic carbocycles. The van der Waals surface area contributed by atoms with Gasteiger partial charge in [-0.25, -0.2) is 0 Å². The molecule has 1 fully saturated rings. The highest BCUT2D eigenvalue weighted by atomic mass is 16.1. The minimum absolute atomic E-state index is 0.0535. The predicted molar refractivity (Wildman–Crippen MR) is 106 cm³/mol. The van der Waals surface area contributed by atoms with Gasteiger partial charge in [-0.15, -0.1) is 0 Å². The van der Waals surface area contributed by atoms with E-state index in [1.165, 1.54) is 24.8 Å². The lowest BCUT2D eigenvalue weighted by molar-refractivity contribution is 0.0922. The number of nitrogens with zero attached hydrogens (tertiary/aromatic N) is 2. The van der Waals surface area contributed by atoms with Crippen LogP contribution in [0.1, 0.15) is 62.0 Å². The summed E-state index contributed by atoms with van der Waals surface area (Å²) >= 11 is 0. The largest absolute Gasteiger partial charge is 0.365 e. The topological polar surface area (TPSA) is 45.2 Å². The maximum Gasteiger partial charge on any atom is 0.270 e. The van der Waals surface area contributed by atoms with Gasteiger partial charge in [0.1, 0.15) is 5.69 Å². The monoisotopic (exact) mass is 351 g/mol. The van der Waals surface area contributed by atoms with Crippen LogP contribution in [0.25, 0.3) is 0 Å². The number of hydrogen-bond acceptors (Lipinski definition) is 3. The van der Waals surface area contributed by atoms with E-state index in [0.717, 1.165) is 25.1 Å². The number of rotatable bonds is 6. The highest BCUT2D eigenvalue weighted by Gasteiger charge is 2.19. The Hall–Kier alpha value is -2.36. The van der Waals surface area contributed by atoms with Gasteiger partial charge >= 0.3 is 0 Å². The van der Waals surface area contributed by atoms with Gasteiger partial charge in [0.05, 0.1) is 0 Å². The summed E-state index contributed by atoms with van der Waals surface area (Å²) in [6.07, 6.45) is 7.59. The van der Waals surface area contributed by atoms with E-state index < -0.39 is 0 Å². The number of carbonyl (C=O) groups excluding carboxylic acids is 1. The molecule has 1 aliphatic rings. The molecule has 1 aliphatic carbocycles. The second kappa shape index (κ2) is 8.84. The fourth-order valence-corrected chi connectivity index (χ4v) is 3.58. The van der Waals surface area contributed by atoms with Crippen molar-refractivity contribution in [1.82, 2.24) is 10.3 Å². The van der Waals surface area contributed by atoms with Crippen molar-refractivity contribution in [3.8, 4) is 0 Å². The van der Waals surface area contributed by atoms with Crippen molar-refractivity contribution < 1.29 is 4.79 Å². The van der Waals surface area contributed by atoms with Gasteiger partial charge in [0.2, 0.25) is 0 Å². The molecule has 1 saturated carbocycles. The maximum atomic E-state index is 12.6. The Morgan fingerprint density at radius 2 is 1.88 bits per heavy atom. The van der Waals surface area contributed by atoms with E-state index in [9.17, 15) is 4.79 Å². The second-order valence-corrected chi connectivity index (χ2v) is 7.41. The lowest BCUT2D eigenvalue weighted by Crippen LogP contribution is -2.37. The molecule has 0 unspecified atom stereocenters. The molecule has 2 aromatic rings. The van der Waals surface area contributed by atoms with Crippen LogP contribution in [0.4, 0.5) is 5.69 Å². The third-order valence-electron chi connectivity index (χ3n) is 5.07. The first-order chi connectivity index (χ1) is 12.6. The number of nitrogens with one attached hydrogen (secondary N) is 1. The summed E-state index contributed by atoms with van der Waals surface area (Å²) in [5, 5.41) is 3.16. The highest BCUT2D eigenvalue weighted by Crippen LogP contribution is 2.21. The van der Waals surface area contributed by atoms with Crippen LogP contribution < -0.4 is 10.2 Å². The average Bonchev–Trinajstić information content (AvgIpc) is 2.67. The van der Waals surface area contributed by atoms with E-state index in [1.54, 1.807) is 6.20 Å². The quantitative estimate of drug-likeness (QED) is 0.830. The van der Waals surface area contributed by atoms with Crippen molar-refractivity contribution in [2.75, 3.05) is 4.90 Å². The van der Waals surface area contributed by atoms with E-state index in [1.807, 2.05) is 18.2 Å². The minimum atomic E-state index is -0.0535. The molecule has 1 N–H and O–H groups in total. The molecule has 0 aliphatic heterocycles. The Labute approximate surface area is 156 Å². The fraction of sp³-hybridized carbons (Fsp3) is 0.455. The van der Waals surface area contributed by atoms with Crippen LogP contribution >= 0.6 is 0 Å². The summed E-state index contributed by atoms with van der Waals surface area (Å²) in [4.78, 5) is 19.2. The van der Waals surface area contributed by atoms with Gasteiger partial charge in [-0.3, -0.25) is 9.78 Å². The molecule has 26 heavy (non-hydrogen) atoms. The van der Waals surface area contributed by atoms with Crippen molar-refractivity contribution in [1.29, 1.82) is 0 Å². The van der Waals surface area contributed by atoms with Crippen LogP contribution in [0, 0.1) is 0 Å². The normalized spacial score (nSPS) is 15.0. The van der Waals surface area contributed by atoms with E-state index in [2.05, 4.69) is 53.3 Å². The smallest absolute Gasteiger partial charge is 0.270 e. The average molecular weight is 351 g/mol. The zero-order valence-electron chi connectivity index (χ0n) is 15.8. The minimum Gasteiger partial charge on any atom is -0.365 e. The fourth-order valence-electron chi connectivity index (χ4n) is 3.58. The Balaban J connectivity index is 1.74. The zero-order chi connectivity index (χ0) is 18.4. The molecule has 0 atom stereocenters. The van der Waals surface area contributed by atoms with Crippen molar-refractivity contribution in [3.63, 3.8) is 0 Å². The first-order valence-electron chi connectivity index (χ1n) is 9.71. The summed E-state index contributed by atoms with van der Waals surface area (Å²) in [6, 6.07) is 14.9. The molecular formula is C22H29N3O. The molecular weight excluding hydrogens is 322 g/mol. The molecule has 1 heterocycles. The van der Waals surface area contributed by atoms with E-state index in [0.29, 0.717) is 17.8 Å². The third-order valence-corrected chi connectivity index (χ3v) is 5.07. The van der Waals surface area contributed by atoms with Crippen LogP contribution in [0.5, 0.6) is 0 Å². The molecule has 4 nitrogen and oxygen atoms in total. The summed E-state index contributed by atoms with van der Waals surface area (Å²) < 4.78 is 0. The van der Waals surface area contributed by atoms with Crippen LogP contribution in [0.3, 0.4) is 0 Å². The Morgan fingerprint density at radius 1 is 1.15 bits per heavy atom. The summed E-state index contributed by atoms with van der Waals surface area (Å²) in [5.41, 5.74) is 2.80. The van der Waals surface area contributed by atoms with Gasteiger partial charge in [-0.2, -0.15) is 0 Å². The van der Waals surface area contributed by atoms with Gasteiger partial charge in [0, 0.05) is 30.5 Å². The summed E-state index contributed by atoms with van der Waals surface area (Å²) in [6.45, 7) is 5.16. The molecule has 0 radical (unpaired) electrons. The van der Waals surface area contributed by atoms with Crippen LogP contribution in [0.2, 0.25) is 0 Å². The number of aromatic nitrogens is 1. The van der Waals surface area contributed by atoms with Crippen molar-refractivity contribution in [3.05, 3.63) is 59.9 Å². The second-order valence-electron chi connectivity index (χ2n) is 7.41. The van der Waals surface area contributed by atoms with Crippen LogP contribution in [0.15, 0.2) is 48.7 Å². The van der Waals surface area contributed by atoms with Gasteiger partial charge in [-0.05, 0) is 44.4 Å². The first-order valence-corrected chi connectivity index (χ1v) is 9.71. The van der Waals surface area contributed by atoms with Gasteiger partial charge in [-0.1, -0.05) is 49.6 Å². The lowest BCUT2D eigenvalue weighted by Gasteiger charge is -2.29. The maximum absolute atomic E-state index is 12.6. The van der Waals surface area contributed by atoms with Gasteiger partial charge < -0.3 is 10.2 Å². The number of carbonyl (C=O) groups is 1. The SMILES string of the molecule is CC(C)N(Cc1ccccc1)c1ccnc(C(=O)NC2CCCCC2)c1. The van der Waals surface area contributed by atoms with Gasteiger partial charge in [0.25, 0.3) is 5.91 Å². The van der Waals surface area contributed by atoms with Crippen LogP contribution in [-0.2, 0) is 6.54 Å². The lowest BCUT2D eigenvalue weighted by atomic mass is 9.95. The Bertz CT molecular complexity index is 708. The molecule has 1 amide bonds. The molecule has 0 bridgehead atoms. The molecule has 138 valence electrons. The highest BCUT2D eigenvalue weighted by molar-refractivity contribution is 5.93. The Morgan fingerprint density at radius 3 is 2.58 bits per heavy atom. The molecule has 3 rings (SSSR count). The van der Waals surface area contributed by atoms with Crippen molar-refractivity contribution >= 4 is 11.6 Å². The number of anilines is 1. The van der Waals surface area contributed by atoms with Gasteiger partial charge in [0.15, 0.2) is 0 Å². The first kappa shape index (κ1) is 18.4. The summed E-state index contributed by atoms with van der Waals surface area (Å²) in [7, 11) is 0. The summed E-state index contributed by atoms with van der Waals surface area (Å²) in [5.74, 6) is -0.0535. The molecule has 1 aromatic heterocycles. The molecule has 0 saturated heterocycles. The standard InChI is InChI=1S/C22H29N3O/c1-17(2)25(16-18-9-5-3-6-10-18)20-13-14-23-21(15-20)22(26)24-19-11-7-4-8-12-19/h3,5-6,9-10,13-15,17,19H,4,7-8,11-12,16H2,1-2H3,(H,24,26). The third kappa shape index (κ3) is 4.84. The predicted octanol–water partition coefficient (Wildman–Crippen LogP) is 4.56. The van der Waals surface area contributed by atoms with E-state index in [4.69, 9.17) is 0 Å². The van der Waals surface area contributed by atoms with Crippen LogP contribution in [-0.4, -0.2) is 23.0 Å². The number of benzene rings is 1. The molecule has 0 spiro atoms. The molecule has 4 heteroatoms. The van der Waals surface area contributed by atoms with Crippen molar-refractivity contribution in [2.24, 2.45) is 0 Å². The van der Waals surface area contributed by atoms with E-state index in [-0.39, 0.29) is 5.91 Å². The number of hydrogen-bond donors (Lipinski definition) is 1. The van der Waals surface area contributed by atoms with Crippen molar-refractivity contribution in [2.45, 2.75) is 64.6 Å². The number of amides is 1. The number of pyridine rings is 1.